The second-order valence-corrected chi connectivity index (χ2v) is 5.63. The van der Waals surface area contributed by atoms with Gasteiger partial charge in [0, 0.05) is 31.0 Å². The van der Waals surface area contributed by atoms with Gasteiger partial charge in [0.2, 0.25) is 0 Å². The van der Waals surface area contributed by atoms with Gasteiger partial charge in [-0.1, -0.05) is 0 Å². The minimum Gasteiger partial charge on any atom is -0.445 e. The van der Waals surface area contributed by atoms with Crippen LogP contribution in [0.5, 0.6) is 0 Å². The van der Waals surface area contributed by atoms with E-state index in [2.05, 4.69) is 36.0 Å². The van der Waals surface area contributed by atoms with Crippen molar-refractivity contribution >= 4 is 0 Å². The maximum absolute atomic E-state index is 5.89. The molecule has 0 radical (unpaired) electrons. The van der Waals surface area contributed by atoms with Crippen molar-refractivity contribution in [3.8, 4) is 0 Å². The monoisotopic (exact) mass is 251 g/mol. The predicted molar refractivity (Wildman–Crippen MR) is 72.8 cm³/mol. The fourth-order valence-electron chi connectivity index (χ4n) is 2.47. The summed E-state index contributed by atoms with van der Waals surface area (Å²) in [5.41, 5.74) is 0. The molecule has 1 N–H and O–H groups in total. The van der Waals surface area contributed by atoms with Crippen LogP contribution in [0.4, 0.5) is 0 Å². The molecule has 1 saturated heterocycles. The molecule has 0 spiro atoms. The Balaban J connectivity index is 1.94. The van der Waals surface area contributed by atoms with E-state index in [9.17, 15) is 0 Å². The molecule has 0 aromatic carbocycles. The van der Waals surface area contributed by atoms with Crippen LogP contribution in [0.3, 0.4) is 0 Å². The van der Waals surface area contributed by atoms with Crippen LogP contribution in [0.25, 0.3) is 0 Å². The van der Waals surface area contributed by atoms with Gasteiger partial charge in [-0.05, 0) is 40.8 Å². The van der Waals surface area contributed by atoms with E-state index in [0.29, 0.717) is 18.0 Å². The van der Waals surface area contributed by atoms with E-state index < -0.39 is 0 Å². The number of nitrogens with zero attached hydrogens (tertiary/aromatic N) is 2. The van der Waals surface area contributed by atoms with Gasteiger partial charge in [-0.2, -0.15) is 0 Å². The third-order valence-corrected chi connectivity index (χ3v) is 3.87. The van der Waals surface area contributed by atoms with E-state index in [1.807, 2.05) is 13.2 Å². The van der Waals surface area contributed by atoms with E-state index in [4.69, 9.17) is 4.42 Å². The molecule has 1 aromatic rings. The van der Waals surface area contributed by atoms with Crippen molar-refractivity contribution in [2.45, 2.75) is 51.6 Å². The number of aromatic nitrogens is 1. The Morgan fingerprint density at radius 3 is 2.89 bits per heavy atom. The van der Waals surface area contributed by atoms with Gasteiger partial charge >= 0.3 is 0 Å². The zero-order valence-corrected chi connectivity index (χ0v) is 11.9. The summed E-state index contributed by atoms with van der Waals surface area (Å²) in [6, 6.07) is 1.05. The quantitative estimate of drug-likeness (QED) is 0.869. The van der Waals surface area contributed by atoms with Crippen LogP contribution in [0, 0.1) is 0 Å². The molecule has 2 rings (SSSR count). The highest BCUT2D eigenvalue weighted by molar-refractivity contribution is 5.03. The van der Waals surface area contributed by atoms with Crippen LogP contribution in [0.1, 0.15) is 44.8 Å². The topological polar surface area (TPSA) is 41.3 Å². The Kier molecular flexibility index (Phi) is 4.40. The van der Waals surface area contributed by atoms with E-state index in [0.717, 1.165) is 31.2 Å². The molecule has 0 amide bonds. The van der Waals surface area contributed by atoms with E-state index in [-0.39, 0.29) is 0 Å². The molecule has 4 heteroatoms. The minimum absolute atomic E-state index is 0.432. The molecule has 1 fully saturated rings. The fraction of sp³-hybridized carbons (Fsp3) is 0.786. The molecule has 0 bridgehead atoms. The first-order valence-electron chi connectivity index (χ1n) is 6.96. The largest absolute Gasteiger partial charge is 0.445 e. The van der Waals surface area contributed by atoms with Gasteiger partial charge < -0.3 is 14.6 Å². The summed E-state index contributed by atoms with van der Waals surface area (Å²) in [6.45, 7) is 8.89. The Bertz CT molecular complexity index is 375. The molecule has 1 aliphatic rings. The third-order valence-electron chi connectivity index (χ3n) is 3.87. The standard InChI is InChI=1S/C14H25N3O/c1-10(2)17-6-5-12(9-17)14-16-8-13(18-14)7-11(3)15-4/h8,10-12,15H,5-7,9H2,1-4H3. The van der Waals surface area contributed by atoms with Crippen molar-refractivity contribution in [1.82, 2.24) is 15.2 Å². The molecule has 18 heavy (non-hydrogen) atoms. The maximum atomic E-state index is 5.89. The highest BCUT2D eigenvalue weighted by atomic mass is 16.4. The van der Waals surface area contributed by atoms with Crippen LogP contribution < -0.4 is 5.32 Å². The Morgan fingerprint density at radius 2 is 2.28 bits per heavy atom. The van der Waals surface area contributed by atoms with Crippen LogP contribution in [-0.2, 0) is 6.42 Å². The van der Waals surface area contributed by atoms with Gasteiger partial charge in [-0.25, -0.2) is 4.98 Å². The number of oxazole rings is 1. The molecule has 2 unspecified atom stereocenters. The normalized spacial score (nSPS) is 22.8. The van der Waals surface area contributed by atoms with Crippen LogP contribution in [0.15, 0.2) is 10.6 Å². The predicted octanol–water partition coefficient (Wildman–Crippen LogP) is 2.02. The van der Waals surface area contributed by atoms with Gasteiger partial charge in [-0.3, -0.25) is 0 Å². The number of likely N-dealkylation sites (N-methyl/N-ethyl adjacent to an activating group) is 1. The lowest BCUT2D eigenvalue weighted by atomic mass is 10.1. The molecule has 102 valence electrons. The van der Waals surface area contributed by atoms with Crippen molar-refractivity contribution in [3.05, 3.63) is 17.8 Å². The lowest BCUT2D eigenvalue weighted by molar-refractivity contribution is 0.268. The summed E-state index contributed by atoms with van der Waals surface area (Å²) < 4.78 is 5.89. The first-order valence-corrected chi connectivity index (χ1v) is 6.96. The SMILES string of the molecule is CNC(C)Cc1cnc(C2CCN(C(C)C)C2)o1. The second kappa shape index (κ2) is 5.85. The molecular weight excluding hydrogens is 226 g/mol. The molecule has 2 heterocycles. The summed E-state index contributed by atoms with van der Waals surface area (Å²) in [5, 5.41) is 3.22. The Labute approximate surface area is 110 Å². The van der Waals surface area contributed by atoms with Crippen molar-refractivity contribution in [2.75, 3.05) is 20.1 Å². The van der Waals surface area contributed by atoms with Gasteiger partial charge in [-0.15, -0.1) is 0 Å². The summed E-state index contributed by atoms with van der Waals surface area (Å²) in [5.74, 6) is 2.40. The number of rotatable bonds is 5. The summed E-state index contributed by atoms with van der Waals surface area (Å²) in [6.07, 6.45) is 3.96. The smallest absolute Gasteiger partial charge is 0.198 e. The molecule has 2 atom stereocenters. The third kappa shape index (κ3) is 3.12. The number of nitrogens with one attached hydrogen (secondary N) is 1. The zero-order valence-electron chi connectivity index (χ0n) is 11.9. The van der Waals surface area contributed by atoms with Gasteiger partial charge in [0.05, 0.1) is 6.20 Å². The van der Waals surface area contributed by atoms with Crippen LogP contribution in [0.2, 0.25) is 0 Å². The summed E-state index contributed by atoms with van der Waals surface area (Å²) in [7, 11) is 1.97. The average Bonchev–Trinajstić information content (AvgIpc) is 2.96. The lowest BCUT2D eigenvalue weighted by Crippen LogP contribution is -2.27. The molecule has 0 aliphatic carbocycles. The van der Waals surface area contributed by atoms with Crippen LogP contribution >= 0.6 is 0 Å². The first kappa shape index (κ1) is 13.6. The van der Waals surface area contributed by atoms with Crippen molar-refractivity contribution in [1.29, 1.82) is 0 Å². The first-order chi connectivity index (χ1) is 8.60. The van der Waals surface area contributed by atoms with E-state index in [1.54, 1.807) is 0 Å². The number of hydrogen-bond donors (Lipinski definition) is 1. The number of hydrogen-bond acceptors (Lipinski definition) is 4. The molecular formula is C14H25N3O. The molecule has 1 aliphatic heterocycles. The minimum atomic E-state index is 0.432. The average molecular weight is 251 g/mol. The van der Waals surface area contributed by atoms with Crippen molar-refractivity contribution < 1.29 is 4.42 Å². The Hall–Kier alpha value is -0.870. The van der Waals surface area contributed by atoms with E-state index in [1.165, 1.54) is 6.42 Å². The molecule has 1 aromatic heterocycles. The molecule has 4 nitrogen and oxygen atoms in total. The zero-order chi connectivity index (χ0) is 13.1. The molecule has 0 saturated carbocycles. The van der Waals surface area contributed by atoms with E-state index >= 15 is 0 Å². The van der Waals surface area contributed by atoms with Crippen LogP contribution in [-0.4, -0.2) is 42.1 Å². The lowest BCUT2D eigenvalue weighted by Gasteiger charge is -2.19. The van der Waals surface area contributed by atoms with Crippen molar-refractivity contribution in [2.24, 2.45) is 0 Å². The maximum Gasteiger partial charge on any atom is 0.198 e. The van der Waals surface area contributed by atoms with Gasteiger partial charge in [0.1, 0.15) is 5.76 Å². The number of likely N-dealkylation sites (tertiary alicyclic amines) is 1. The highest BCUT2D eigenvalue weighted by Gasteiger charge is 2.28. The summed E-state index contributed by atoms with van der Waals surface area (Å²) >= 11 is 0. The Morgan fingerprint density at radius 1 is 1.50 bits per heavy atom. The fourth-order valence-corrected chi connectivity index (χ4v) is 2.47. The highest BCUT2D eigenvalue weighted by Crippen LogP contribution is 2.28. The van der Waals surface area contributed by atoms with Gasteiger partial charge in [0.15, 0.2) is 5.89 Å². The second-order valence-electron chi connectivity index (χ2n) is 5.63. The van der Waals surface area contributed by atoms with Crippen molar-refractivity contribution in [3.63, 3.8) is 0 Å². The van der Waals surface area contributed by atoms with Gasteiger partial charge in [0.25, 0.3) is 0 Å². The summed E-state index contributed by atoms with van der Waals surface area (Å²) in [4.78, 5) is 6.95.